The first kappa shape index (κ1) is 13.0. The number of aromatic nitrogens is 2. The Kier molecular flexibility index (Phi) is 3.43. The predicted molar refractivity (Wildman–Crippen MR) is 76.2 cm³/mol. The van der Waals surface area contributed by atoms with Crippen molar-refractivity contribution < 1.29 is 0 Å². The maximum Gasteiger partial charge on any atom is 0.152 e. The predicted octanol–water partition coefficient (Wildman–Crippen LogP) is 2.72. The Morgan fingerprint density at radius 2 is 2.16 bits per heavy atom. The van der Waals surface area contributed by atoms with E-state index in [1.54, 1.807) is 6.07 Å². The van der Waals surface area contributed by atoms with Crippen molar-refractivity contribution in [2.45, 2.75) is 27.3 Å². The third-order valence-corrected chi connectivity index (χ3v) is 3.09. The molecule has 0 unspecified atom stereocenters. The van der Waals surface area contributed by atoms with Gasteiger partial charge in [-0.15, -0.1) is 0 Å². The fourth-order valence-corrected chi connectivity index (χ4v) is 1.91. The van der Waals surface area contributed by atoms with Crippen molar-refractivity contribution in [2.24, 2.45) is 0 Å². The molecule has 3 N–H and O–H groups in total. The van der Waals surface area contributed by atoms with Crippen molar-refractivity contribution in [2.75, 3.05) is 11.1 Å². The summed E-state index contributed by atoms with van der Waals surface area (Å²) in [5.41, 5.74) is 10.0. The molecule has 5 heteroatoms. The van der Waals surface area contributed by atoms with Gasteiger partial charge < -0.3 is 11.1 Å². The Hall–Kier alpha value is -2.48. The van der Waals surface area contributed by atoms with E-state index in [-0.39, 0.29) is 0 Å². The third kappa shape index (κ3) is 2.38. The molecule has 1 aromatic carbocycles. The average molecular weight is 255 g/mol. The highest BCUT2D eigenvalue weighted by molar-refractivity contribution is 5.73. The Morgan fingerprint density at radius 3 is 2.79 bits per heavy atom. The number of anilines is 3. The van der Waals surface area contributed by atoms with Gasteiger partial charge in [-0.05, 0) is 38.5 Å². The monoisotopic (exact) mass is 255 g/mol. The van der Waals surface area contributed by atoms with Gasteiger partial charge in [-0.2, -0.15) is 10.4 Å². The molecule has 0 aliphatic carbocycles. The Bertz CT molecular complexity index is 649. The van der Waals surface area contributed by atoms with Crippen LogP contribution < -0.4 is 11.1 Å². The summed E-state index contributed by atoms with van der Waals surface area (Å²) in [6.45, 7) is 6.61. The lowest BCUT2D eigenvalue weighted by Gasteiger charge is -2.12. The van der Waals surface area contributed by atoms with Gasteiger partial charge in [-0.25, -0.2) is 4.68 Å². The lowest BCUT2D eigenvalue weighted by Crippen LogP contribution is -2.05. The summed E-state index contributed by atoms with van der Waals surface area (Å²) in [4.78, 5) is 0. The standard InChI is InChI=1S/C14H17N5/c1-4-19-14(13(16)10(3)18-19)17-12-7-11(8-15)6-5-9(12)2/h5-7,17H,4,16H2,1-3H3. The van der Waals surface area contributed by atoms with E-state index >= 15 is 0 Å². The SMILES string of the molecule is CCn1nc(C)c(N)c1Nc1cc(C#N)ccc1C. The first-order chi connectivity index (χ1) is 9.06. The molecule has 0 aliphatic heterocycles. The van der Waals surface area contributed by atoms with E-state index in [0.717, 1.165) is 29.3 Å². The molecule has 5 nitrogen and oxygen atoms in total. The van der Waals surface area contributed by atoms with Crippen LogP contribution in [0, 0.1) is 25.2 Å². The number of hydrogen-bond acceptors (Lipinski definition) is 4. The van der Waals surface area contributed by atoms with E-state index in [4.69, 9.17) is 11.0 Å². The van der Waals surface area contributed by atoms with Crippen molar-refractivity contribution in [3.8, 4) is 6.07 Å². The quantitative estimate of drug-likeness (QED) is 0.883. The molecule has 0 amide bonds. The van der Waals surface area contributed by atoms with Crippen LogP contribution in [0.3, 0.4) is 0 Å². The molecule has 0 saturated heterocycles. The highest BCUT2D eigenvalue weighted by Crippen LogP contribution is 2.28. The number of rotatable bonds is 3. The lowest BCUT2D eigenvalue weighted by molar-refractivity contribution is 0.661. The first-order valence-electron chi connectivity index (χ1n) is 6.17. The molecule has 2 aromatic rings. The van der Waals surface area contributed by atoms with Gasteiger partial charge in [0.1, 0.15) is 0 Å². The Morgan fingerprint density at radius 1 is 1.42 bits per heavy atom. The van der Waals surface area contributed by atoms with Gasteiger partial charge in [-0.3, -0.25) is 0 Å². The van der Waals surface area contributed by atoms with Gasteiger partial charge >= 0.3 is 0 Å². The summed E-state index contributed by atoms with van der Waals surface area (Å²) in [6, 6.07) is 7.66. The van der Waals surface area contributed by atoms with Crippen LogP contribution in [0.1, 0.15) is 23.7 Å². The molecule has 0 saturated carbocycles. The highest BCUT2D eigenvalue weighted by atomic mass is 15.3. The molecular weight excluding hydrogens is 238 g/mol. The van der Waals surface area contributed by atoms with Gasteiger partial charge in [0.05, 0.1) is 23.0 Å². The maximum absolute atomic E-state index is 8.96. The van der Waals surface area contributed by atoms with Crippen molar-refractivity contribution in [3.63, 3.8) is 0 Å². The van der Waals surface area contributed by atoms with Gasteiger partial charge in [0, 0.05) is 12.2 Å². The van der Waals surface area contributed by atoms with Crippen molar-refractivity contribution >= 4 is 17.2 Å². The minimum Gasteiger partial charge on any atom is -0.394 e. The number of aryl methyl sites for hydroxylation is 3. The minimum atomic E-state index is 0.617. The number of nitrogens with two attached hydrogens (primary N) is 1. The summed E-state index contributed by atoms with van der Waals surface area (Å²) >= 11 is 0. The number of nitriles is 1. The summed E-state index contributed by atoms with van der Waals surface area (Å²) in [6.07, 6.45) is 0. The fourth-order valence-electron chi connectivity index (χ4n) is 1.91. The molecular formula is C14H17N5. The molecule has 1 heterocycles. The van der Waals surface area contributed by atoms with Gasteiger partial charge in [0.25, 0.3) is 0 Å². The molecule has 1 aromatic heterocycles. The third-order valence-electron chi connectivity index (χ3n) is 3.09. The fraction of sp³-hybridized carbons (Fsp3) is 0.286. The minimum absolute atomic E-state index is 0.617. The summed E-state index contributed by atoms with van der Waals surface area (Å²) in [7, 11) is 0. The number of nitrogen functional groups attached to an aromatic ring is 1. The Labute approximate surface area is 112 Å². The first-order valence-corrected chi connectivity index (χ1v) is 6.17. The zero-order valence-corrected chi connectivity index (χ0v) is 11.4. The Balaban J connectivity index is 2.44. The van der Waals surface area contributed by atoms with Gasteiger partial charge in [0.15, 0.2) is 5.82 Å². The largest absolute Gasteiger partial charge is 0.394 e. The smallest absolute Gasteiger partial charge is 0.152 e. The molecule has 2 rings (SSSR count). The van der Waals surface area contributed by atoms with Crippen molar-refractivity contribution in [1.29, 1.82) is 5.26 Å². The molecule has 0 fully saturated rings. The van der Waals surface area contributed by atoms with Crippen LogP contribution in [-0.4, -0.2) is 9.78 Å². The molecule has 0 aliphatic rings. The summed E-state index contributed by atoms with van der Waals surface area (Å²) in [5.74, 6) is 0.776. The zero-order chi connectivity index (χ0) is 14.0. The van der Waals surface area contributed by atoms with E-state index < -0.39 is 0 Å². The number of nitrogens with zero attached hydrogens (tertiary/aromatic N) is 3. The normalized spacial score (nSPS) is 10.2. The second-order valence-electron chi connectivity index (χ2n) is 4.43. The van der Waals surface area contributed by atoms with Crippen LogP contribution in [0.15, 0.2) is 18.2 Å². The van der Waals surface area contributed by atoms with Crippen LogP contribution in [0.5, 0.6) is 0 Å². The summed E-state index contributed by atoms with van der Waals surface area (Å²) < 4.78 is 1.82. The maximum atomic E-state index is 8.96. The molecule has 98 valence electrons. The summed E-state index contributed by atoms with van der Waals surface area (Å²) in [5, 5.41) is 16.6. The van der Waals surface area contributed by atoms with Crippen LogP contribution in [0.2, 0.25) is 0 Å². The lowest BCUT2D eigenvalue weighted by atomic mass is 10.1. The second kappa shape index (κ2) is 5.02. The molecule has 19 heavy (non-hydrogen) atoms. The van der Waals surface area contributed by atoms with E-state index in [1.807, 2.05) is 37.6 Å². The van der Waals surface area contributed by atoms with Crippen LogP contribution in [0.4, 0.5) is 17.2 Å². The van der Waals surface area contributed by atoms with Gasteiger partial charge in [0.2, 0.25) is 0 Å². The average Bonchev–Trinajstić information content (AvgIpc) is 2.68. The van der Waals surface area contributed by atoms with E-state index in [1.165, 1.54) is 0 Å². The number of hydrogen-bond donors (Lipinski definition) is 2. The molecule has 0 spiro atoms. The van der Waals surface area contributed by atoms with Crippen molar-refractivity contribution in [1.82, 2.24) is 9.78 Å². The zero-order valence-electron chi connectivity index (χ0n) is 11.4. The van der Waals surface area contributed by atoms with Gasteiger partial charge in [-0.1, -0.05) is 6.07 Å². The second-order valence-corrected chi connectivity index (χ2v) is 4.43. The molecule has 0 radical (unpaired) electrons. The number of benzene rings is 1. The topological polar surface area (TPSA) is 79.7 Å². The molecule has 0 bridgehead atoms. The van der Waals surface area contributed by atoms with E-state index in [9.17, 15) is 0 Å². The van der Waals surface area contributed by atoms with Crippen LogP contribution >= 0.6 is 0 Å². The molecule has 0 atom stereocenters. The van der Waals surface area contributed by atoms with Crippen molar-refractivity contribution in [3.05, 3.63) is 35.0 Å². The highest BCUT2D eigenvalue weighted by Gasteiger charge is 2.12. The van der Waals surface area contributed by atoms with Crippen LogP contribution in [0.25, 0.3) is 0 Å². The number of nitrogens with one attached hydrogen (secondary N) is 1. The van der Waals surface area contributed by atoms with E-state index in [0.29, 0.717) is 11.3 Å². The van der Waals surface area contributed by atoms with E-state index in [2.05, 4.69) is 16.5 Å². The van der Waals surface area contributed by atoms with Crippen LogP contribution in [-0.2, 0) is 6.54 Å².